The maximum absolute atomic E-state index is 13.5. The highest BCUT2D eigenvalue weighted by atomic mass is 127. The number of rotatable bonds is 7. The number of thiazole rings is 1. The molecule has 1 aromatic heterocycles. The van der Waals surface area contributed by atoms with Crippen molar-refractivity contribution in [1.29, 1.82) is 0 Å². The Balaban J connectivity index is 0.00000338. The molecule has 0 spiro atoms. The van der Waals surface area contributed by atoms with Crippen LogP contribution in [0, 0.1) is 5.82 Å². The lowest BCUT2D eigenvalue weighted by Gasteiger charge is -2.26. The summed E-state index contributed by atoms with van der Waals surface area (Å²) in [5.41, 5.74) is 0.760. The Hall–Kier alpha value is -1.22. The van der Waals surface area contributed by atoms with Gasteiger partial charge >= 0.3 is 0 Å². The fourth-order valence-electron chi connectivity index (χ4n) is 2.45. The summed E-state index contributed by atoms with van der Waals surface area (Å²) < 4.78 is 13.5. The fourth-order valence-corrected chi connectivity index (χ4v) is 3.31. The normalized spacial score (nSPS) is 11.8. The third kappa shape index (κ3) is 6.83. The minimum Gasteiger partial charge on any atom is -0.356 e. The number of aryl methyl sites for hydroxylation is 1. The van der Waals surface area contributed by atoms with Gasteiger partial charge in [-0.05, 0) is 24.1 Å². The van der Waals surface area contributed by atoms with Gasteiger partial charge in [-0.2, -0.15) is 0 Å². The molecule has 0 saturated carbocycles. The molecular formula is C19H28FIN4S. The number of aliphatic imine (C=N–C) groups is 1. The smallest absolute Gasteiger partial charge is 0.191 e. The van der Waals surface area contributed by atoms with Gasteiger partial charge in [0.2, 0.25) is 0 Å². The first-order valence-electron chi connectivity index (χ1n) is 8.58. The highest BCUT2D eigenvalue weighted by Crippen LogP contribution is 2.22. The van der Waals surface area contributed by atoms with Crippen molar-refractivity contribution in [2.24, 2.45) is 4.99 Å². The summed E-state index contributed by atoms with van der Waals surface area (Å²) in [6, 6.07) is 6.76. The lowest BCUT2D eigenvalue weighted by molar-refractivity contribution is 0.503. The molecule has 0 radical (unpaired) electrons. The molecule has 26 heavy (non-hydrogen) atoms. The lowest BCUT2D eigenvalue weighted by Crippen LogP contribution is -2.44. The van der Waals surface area contributed by atoms with Crippen molar-refractivity contribution in [3.8, 4) is 0 Å². The summed E-state index contributed by atoms with van der Waals surface area (Å²) in [5.74, 6) is 0.541. The molecule has 7 heteroatoms. The molecule has 2 N–H and O–H groups in total. The Bertz CT molecular complexity index is 715. The standard InChI is InChI=1S/C19H27FN4S.HI/c1-5-16-12-23-17(25-16)9-10-22-18(21-4)24-13-19(2,3)14-7-6-8-15(20)11-14;/h6-8,11-12H,5,9-10,13H2,1-4H3,(H2,21,22,24);1H. The van der Waals surface area contributed by atoms with Crippen LogP contribution in [0.25, 0.3) is 0 Å². The summed E-state index contributed by atoms with van der Waals surface area (Å²) in [5, 5.41) is 7.78. The second-order valence-corrected chi connectivity index (χ2v) is 7.77. The van der Waals surface area contributed by atoms with Gasteiger partial charge in [0, 0.05) is 43.0 Å². The zero-order valence-electron chi connectivity index (χ0n) is 15.8. The SMILES string of the molecule is CCc1cnc(CCNC(=NC)NCC(C)(C)c2cccc(F)c2)s1.I. The molecule has 0 aliphatic carbocycles. The third-order valence-electron chi connectivity index (χ3n) is 4.11. The van der Waals surface area contributed by atoms with Crippen LogP contribution in [0.1, 0.15) is 36.2 Å². The third-order valence-corrected chi connectivity index (χ3v) is 5.31. The van der Waals surface area contributed by atoms with Gasteiger partial charge in [0.25, 0.3) is 0 Å². The summed E-state index contributed by atoms with van der Waals surface area (Å²) in [6.07, 6.45) is 3.86. The first kappa shape index (κ1) is 22.8. The molecule has 0 aliphatic heterocycles. The lowest BCUT2D eigenvalue weighted by atomic mass is 9.84. The van der Waals surface area contributed by atoms with Crippen LogP contribution in [0.2, 0.25) is 0 Å². The molecular weight excluding hydrogens is 462 g/mol. The van der Waals surface area contributed by atoms with E-state index in [1.165, 1.54) is 10.9 Å². The maximum Gasteiger partial charge on any atom is 0.191 e. The number of nitrogens with one attached hydrogen (secondary N) is 2. The van der Waals surface area contributed by atoms with E-state index in [9.17, 15) is 4.39 Å². The molecule has 2 aromatic rings. The zero-order chi connectivity index (χ0) is 18.3. The number of aromatic nitrogens is 1. The van der Waals surface area contributed by atoms with Crippen molar-refractivity contribution >= 4 is 41.3 Å². The van der Waals surface area contributed by atoms with Crippen LogP contribution in [0.3, 0.4) is 0 Å². The predicted octanol–water partition coefficient (Wildman–Crippen LogP) is 4.15. The second-order valence-electron chi connectivity index (χ2n) is 6.57. The van der Waals surface area contributed by atoms with Crippen LogP contribution < -0.4 is 10.6 Å². The highest BCUT2D eigenvalue weighted by Gasteiger charge is 2.21. The number of nitrogens with zero attached hydrogens (tertiary/aromatic N) is 2. The molecule has 2 rings (SSSR count). The van der Waals surface area contributed by atoms with E-state index in [0.29, 0.717) is 6.54 Å². The van der Waals surface area contributed by atoms with Gasteiger partial charge in [0.15, 0.2) is 5.96 Å². The summed E-state index contributed by atoms with van der Waals surface area (Å²) >= 11 is 1.76. The Morgan fingerprint density at radius 2 is 2.08 bits per heavy atom. The van der Waals surface area contributed by atoms with Crippen LogP contribution in [0.4, 0.5) is 4.39 Å². The predicted molar refractivity (Wildman–Crippen MR) is 119 cm³/mol. The number of guanidine groups is 1. The molecule has 0 atom stereocenters. The summed E-state index contributed by atoms with van der Waals surface area (Å²) in [4.78, 5) is 10.00. The van der Waals surface area contributed by atoms with Crippen molar-refractivity contribution in [3.05, 3.63) is 51.7 Å². The molecule has 1 aromatic carbocycles. The van der Waals surface area contributed by atoms with E-state index >= 15 is 0 Å². The van der Waals surface area contributed by atoms with E-state index in [1.54, 1.807) is 30.5 Å². The fraction of sp³-hybridized carbons (Fsp3) is 0.474. The van der Waals surface area contributed by atoms with Crippen molar-refractivity contribution in [2.45, 2.75) is 39.0 Å². The second kappa shape index (κ2) is 10.8. The van der Waals surface area contributed by atoms with Crippen LogP contribution in [-0.2, 0) is 18.3 Å². The van der Waals surface area contributed by atoms with E-state index in [1.807, 2.05) is 12.3 Å². The van der Waals surface area contributed by atoms with Crippen molar-refractivity contribution < 1.29 is 4.39 Å². The van der Waals surface area contributed by atoms with E-state index in [2.05, 4.69) is 41.4 Å². The van der Waals surface area contributed by atoms with Crippen LogP contribution >= 0.6 is 35.3 Å². The van der Waals surface area contributed by atoms with Gasteiger partial charge in [-0.25, -0.2) is 9.37 Å². The molecule has 144 valence electrons. The van der Waals surface area contributed by atoms with Crippen molar-refractivity contribution in [1.82, 2.24) is 15.6 Å². The molecule has 0 aliphatic rings. The average Bonchev–Trinajstić information content (AvgIpc) is 3.06. The van der Waals surface area contributed by atoms with E-state index in [-0.39, 0.29) is 35.2 Å². The molecule has 0 fully saturated rings. The van der Waals surface area contributed by atoms with Gasteiger partial charge in [0.05, 0.1) is 5.01 Å². The maximum atomic E-state index is 13.5. The molecule has 4 nitrogen and oxygen atoms in total. The summed E-state index contributed by atoms with van der Waals surface area (Å²) in [6.45, 7) is 7.75. The highest BCUT2D eigenvalue weighted by molar-refractivity contribution is 14.0. The largest absolute Gasteiger partial charge is 0.356 e. The Labute approximate surface area is 176 Å². The minimum atomic E-state index is -0.206. The first-order chi connectivity index (χ1) is 11.9. The molecule has 0 bridgehead atoms. The number of hydrogen-bond donors (Lipinski definition) is 2. The van der Waals surface area contributed by atoms with Gasteiger partial charge < -0.3 is 10.6 Å². The van der Waals surface area contributed by atoms with E-state index in [0.717, 1.165) is 35.9 Å². The van der Waals surface area contributed by atoms with Crippen LogP contribution in [0.15, 0.2) is 35.5 Å². The molecule has 0 unspecified atom stereocenters. The monoisotopic (exact) mass is 490 g/mol. The topological polar surface area (TPSA) is 49.3 Å². The van der Waals surface area contributed by atoms with E-state index in [4.69, 9.17) is 0 Å². The van der Waals surface area contributed by atoms with Gasteiger partial charge in [0.1, 0.15) is 5.82 Å². The van der Waals surface area contributed by atoms with Crippen molar-refractivity contribution in [3.63, 3.8) is 0 Å². The van der Waals surface area contributed by atoms with Gasteiger partial charge in [-0.1, -0.05) is 32.9 Å². The van der Waals surface area contributed by atoms with E-state index < -0.39 is 0 Å². The number of benzene rings is 1. The van der Waals surface area contributed by atoms with Gasteiger partial charge in [-0.15, -0.1) is 35.3 Å². The Morgan fingerprint density at radius 3 is 2.69 bits per heavy atom. The van der Waals surface area contributed by atoms with Crippen LogP contribution in [-0.4, -0.2) is 31.1 Å². The van der Waals surface area contributed by atoms with Gasteiger partial charge in [-0.3, -0.25) is 4.99 Å². The quantitative estimate of drug-likeness (QED) is 0.349. The van der Waals surface area contributed by atoms with Crippen LogP contribution in [0.5, 0.6) is 0 Å². The Kier molecular flexibility index (Phi) is 9.49. The zero-order valence-corrected chi connectivity index (χ0v) is 19.0. The summed E-state index contributed by atoms with van der Waals surface area (Å²) in [7, 11) is 1.75. The number of hydrogen-bond acceptors (Lipinski definition) is 3. The average molecular weight is 490 g/mol. The number of halogens is 2. The molecule has 0 saturated heterocycles. The first-order valence-corrected chi connectivity index (χ1v) is 9.40. The molecule has 1 heterocycles. The molecule has 0 amide bonds. The minimum absolute atomic E-state index is 0. The van der Waals surface area contributed by atoms with Crippen molar-refractivity contribution in [2.75, 3.05) is 20.1 Å². The Morgan fingerprint density at radius 1 is 1.31 bits per heavy atom.